The van der Waals surface area contributed by atoms with Gasteiger partial charge >= 0.3 is 0 Å². The van der Waals surface area contributed by atoms with E-state index < -0.39 is 0 Å². The van der Waals surface area contributed by atoms with Crippen molar-refractivity contribution in [3.63, 3.8) is 0 Å². The molecule has 0 saturated carbocycles. The van der Waals surface area contributed by atoms with Crippen molar-refractivity contribution in [2.75, 3.05) is 6.54 Å². The Morgan fingerprint density at radius 3 is 2.48 bits per heavy atom. The van der Waals surface area contributed by atoms with Crippen molar-refractivity contribution in [1.82, 2.24) is 5.32 Å². The Bertz CT molecular complexity index is 613. The first-order chi connectivity index (χ1) is 9.90. The Hall–Kier alpha value is -1.35. The Balaban J connectivity index is 2.39. The zero-order valence-electron chi connectivity index (χ0n) is 13.7. The van der Waals surface area contributed by atoms with Crippen LogP contribution in [-0.4, -0.2) is 6.54 Å². The van der Waals surface area contributed by atoms with Crippen LogP contribution >= 0.6 is 0 Å². The predicted octanol–water partition coefficient (Wildman–Crippen LogP) is 4.82. The van der Waals surface area contributed by atoms with E-state index >= 15 is 0 Å². The van der Waals surface area contributed by atoms with E-state index in [1.807, 2.05) is 12.1 Å². The largest absolute Gasteiger partial charge is 0.456 e. The summed E-state index contributed by atoms with van der Waals surface area (Å²) in [6.07, 6.45) is 0.911. The van der Waals surface area contributed by atoms with Gasteiger partial charge in [-0.2, -0.15) is 0 Å². The molecule has 0 unspecified atom stereocenters. The number of fused-ring (bicyclic) bond motifs is 1. The summed E-state index contributed by atoms with van der Waals surface area (Å²) >= 11 is 0. The molecule has 0 saturated heterocycles. The Morgan fingerprint density at radius 1 is 1.14 bits per heavy atom. The van der Waals surface area contributed by atoms with Crippen LogP contribution in [0, 0.1) is 24.6 Å². The molecule has 1 aromatic heterocycles. The van der Waals surface area contributed by atoms with Gasteiger partial charge in [0, 0.05) is 10.9 Å². The minimum Gasteiger partial charge on any atom is -0.456 e. The molecular formula is C18H26FNO. The van der Waals surface area contributed by atoms with Gasteiger partial charge in [0.15, 0.2) is 11.4 Å². The zero-order chi connectivity index (χ0) is 15.6. The van der Waals surface area contributed by atoms with Gasteiger partial charge in [-0.1, -0.05) is 39.8 Å². The first-order valence-electron chi connectivity index (χ1n) is 7.80. The molecule has 2 aromatic rings. The van der Waals surface area contributed by atoms with Gasteiger partial charge in [0.1, 0.15) is 5.76 Å². The van der Waals surface area contributed by atoms with Crippen molar-refractivity contribution in [3.8, 4) is 0 Å². The maximum absolute atomic E-state index is 14.3. The van der Waals surface area contributed by atoms with Crippen LogP contribution in [0.15, 0.2) is 16.5 Å². The summed E-state index contributed by atoms with van der Waals surface area (Å²) in [4.78, 5) is 0. The van der Waals surface area contributed by atoms with E-state index in [0.29, 0.717) is 29.5 Å². The topological polar surface area (TPSA) is 25.2 Å². The third-order valence-electron chi connectivity index (χ3n) is 3.63. The Labute approximate surface area is 126 Å². The number of rotatable bonds is 6. The fraction of sp³-hybridized carbons (Fsp3) is 0.556. The third kappa shape index (κ3) is 3.65. The van der Waals surface area contributed by atoms with Crippen molar-refractivity contribution >= 4 is 11.0 Å². The molecule has 0 spiro atoms. The molecule has 21 heavy (non-hydrogen) atoms. The van der Waals surface area contributed by atoms with Gasteiger partial charge in [-0.3, -0.25) is 0 Å². The number of furan rings is 1. The van der Waals surface area contributed by atoms with Crippen LogP contribution in [0.25, 0.3) is 11.0 Å². The molecule has 3 heteroatoms. The van der Waals surface area contributed by atoms with E-state index in [9.17, 15) is 4.39 Å². The predicted molar refractivity (Wildman–Crippen MR) is 86.0 cm³/mol. The highest BCUT2D eigenvalue weighted by atomic mass is 19.1. The van der Waals surface area contributed by atoms with E-state index in [0.717, 1.165) is 29.7 Å². The number of hydrogen-bond donors (Lipinski definition) is 1. The van der Waals surface area contributed by atoms with Crippen LogP contribution in [-0.2, 0) is 13.0 Å². The highest BCUT2D eigenvalue weighted by Gasteiger charge is 2.18. The van der Waals surface area contributed by atoms with Crippen molar-refractivity contribution < 1.29 is 8.81 Å². The molecule has 1 heterocycles. The van der Waals surface area contributed by atoms with E-state index in [1.54, 1.807) is 6.92 Å². The zero-order valence-corrected chi connectivity index (χ0v) is 13.7. The van der Waals surface area contributed by atoms with E-state index in [4.69, 9.17) is 4.42 Å². The van der Waals surface area contributed by atoms with Crippen LogP contribution in [0.2, 0.25) is 0 Å². The lowest BCUT2D eigenvalue weighted by atomic mass is 9.99. The maximum Gasteiger partial charge on any atom is 0.170 e. The lowest BCUT2D eigenvalue weighted by Gasteiger charge is -2.09. The van der Waals surface area contributed by atoms with Gasteiger partial charge in [-0.05, 0) is 37.3 Å². The van der Waals surface area contributed by atoms with Gasteiger partial charge in [0.2, 0.25) is 0 Å². The first kappa shape index (κ1) is 16.0. The van der Waals surface area contributed by atoms with Crippen molar-refractivity contribution in [2.45, 2.75) is 47.6 Å². The first-order valence-corrected chi connectivity index (χ1v) is 7.80. The molecule has 0 radical (unpaired) electrons. The summed E-state index contributed by atoms with van der Waals surface area (Å²) in [6, 6.07) is 3.82. The summed E-state index contributed by atoms with van der Waals surface area (Å²) in [5, 5.41) is 4.32. The van der Waals surface area contributed by atoms with Crippen LogP contribution in [0.1, 0.15) is 44.6 Å². The number of aryl methyl sites for hydroxylation is 1. The monoisotopic (exact) mass is 291 g/mol. The Kier molecular flexibility index (Phi) is 5.04. The second-order valence-electron chi connectivity index (χ2n) is 6.70. The van der Waals surface area contributed by atoms with Gasteiger partial charge in [0.25, 0.3) is 0 Å². The molecule has 0 bridgehead atoms. The number of hydrogen-bond acceptors (Lipinski definition) is 2. The molecule has 0 aliphatic carbocycles. The van der Waals surface area contributed by atoms with Gasteiger partial charge in [-0.25, -0.2) is 4.39 Å². The Morgan fingerprint density at radius 2 is 1.86 bits per heavy atom. The SMILES string of the molecule is Cc1ccc2c(CC(C)C)c(CNCC(C)C)oc2c1F. The minimum atomic E-state index is -0.229. The van der Waals surface area contributed by atoms with E-state index in [-0.39, 0.29) is 5.82 Å². The average molecular weight is 291 g/mol. The summed E-state index contributed by atoms with van der Waals surface area (Å²) in [5.41, 5.74) is 2.19. The number of nitrogens with one attached hydrogen (secondary N) is 1. The highest BCUT2D eigenvalue weighted by molar-refractivity contribution is 5.83. The molecule has 0 aliphatic rings. The van der Waals surface area contributed by atoms with Gasteiger partial charge in [-0.15, -0.1) is 0 Å². The van der Waals surface area contributed by atoms with Crippen molar-refractivity contribution in [3.05, 3.63) is 34.8 Å². The average Bonchev–Trinajstić information content (AvgIpc) is 2.72. The normalized spacial score (nSPS) is 12.0. The molecule has 1 aromatic carbocycles. The standard InChI is InChI=1S/C18H26FNO/c1-11(2)8-15-14-7-6-13(5)17(19)18(14)21-16(15)10-20-9-12(3)4/h6-7,11-12,20H,8-10H2,1-5H3. The van der Waals surface area contributed by atoms with Crippen LogP contribution in [0.4, 0.5) is 4.39 Å². The lowest BCUT2D eigenvalue weighted by Crippen LogP contribution is -2.19. The molecule has 1 N–H and O–H groups in total. The molecule has 2 rings (SSSR count). The molecule has 0 atom stereocenters. The summed E-state index contributed by atoms with van der Waals surface area (Å²) in [6.45, 7) is 12.1. The van der Waals surface area contributed by atoms with Crippen molar-refractivity contribution in [1.29, 1.82) is 0 Å². The van der Waals surface area contributed by atoms with Gasteiger partial charge in [0.05, 0.1) is 6.54 Å². The summed E-state index contributed by atoms with van der Waals surface area (Å²) in [7, 11) is 0. The maximum atomic E-state index is 14.3. The third-order valence-corrected chi connectivity index (χ3v) is 3.63. The fourth-order valence-electron chi connectivity index (χ4n) is 2.58. The van der Waals surface area contributed by atoms with E-state index in [2.05, 4.69) is 33.0 Å². The smallest absolute Gasteiger partial charge is 0.170 e. The van der Waals surface area contributed by atoms with Crippen LogP contribution < -0.4 is 5.32 Å². The molecule has 0 amide bonds. The fourth-order valence-corrected chi connectivity index (χ4v) is 2.58. The highest BCUT2D eigenvalue weighted by Crippen LogP contribution is 2.31. The molecule has 0 aliphatic heterocycles. The van der Waals surface area contributed by atoms with Crippen LogP contribution in [0.5, 0.6) is 0 Å². The molecule has 2 nitrogen and oxygen atoms in total. The second-order valence-corrected chi connectivity index (χ2v) is 6.70. The number of halogens is 1. The molecular weight excluding hydrogens is 265 g/mol. The van der Waals surface area contributed by atoms with Crippen molar-refractivity contribution in [2.24, 2.45) is 11.8 Å². The molecule has 116 valence electrons. The molecule has 0 fully saturated rings. The summed E-state index contributed by atoms with van der Waals surface area (Å²) < 4.78 is 20.1. The number of benzene rings is 1. The lowest BCUT2D eigenvalue weighted by molar-refractivity contribution is 0.466. The van der Waals surface area contributed by atoms with Gasteiger partial charge < -0.3 is 9.73 Å². The second kappa shape index (κ2) is 6.61. The van der Waals surface area contributed by atoms with E-state index in [1.165, 1.54) is 0 Å². The summed E-state index contributed by atoms with van der Waals surface area (Å²) in [5.74, 6) is 1.75. The van der Waals surface area contributed by atoms with Crippen LogP contribution in [0.3, 0.4) is 0 Å². The minimum absolute atomic E-state index is 0.229. The quantitative estimate of drug-likeness (QED) is 0.825.